The first-order valence-corrected chi connectivity index (χ1v) is 4.84. The summed E-state index contributed by atoms with van der Waals surface area (Å²) < 4.78 is 10.2. The third kappa shape index (κ3) is 3.93. The van der Waals surface area contributed by atoms with Gasteiger partial charge in [0, 0.05) is 19.6 Å². The lowest BCUT2D eigenvalue weighted by molar-refractivity contribution is 0.0258. The van der Waals surface area contributed by atoms with E-state index in [2.05, 4.69) is 0 Å². The molecule has 0 unspecified atom stereocenters. The average molecular weight is 202 g/mol. The summed E-state index contributed by atoms with van der Waals surface area (Å²) in [5.74, 6) is 0. The van der Waals surface area contributed by atoms with E-state index in [0.717, 1.165) is 6.54 Å². The lowest BCUT2D eigenvalue weighted by atomic mass is 10.5. The van der Waals surface area contributed by atoms with Gasteiger partial charge in [-0.25, -0.2) is 4.79 Å². The first-order chi connectivity index (χ1) is 6.70. The molecule has 0 spiro atoms. The van der Waals surface area contributed by atoms with Crippen LogP contribution in [0.2, 0.25) is 0 Å². The predicted octanol–water partition coefficient (Wildman–Crippen LogP) is 0.0168. The maximum atomic E-state index is 11.4. The van der Waals surface area contributed by atoms with E-state index in [9.17, 15) is 4.79 Å². The minimum absolute atomic E-state index is 0.227. The van der Waals surface area contributed by atoms with Crippen molar-refractivity contribution in [2.24, 2.45) is 0 Å². The highest BCUT2D eigenvalue weighted by molar-refractivity contribution is 5.67. The summed E-state index contributed by atoms with van der Waals surface area (Å²) in [6, 6.07) is 0. The summed E-state index contributed by atoms with van der Waals surface area (Å²) in [5.41, 5.74) is 0. The molecule has 5 nitrogen and oxygen atoms in total. The minimum atomic E-state index is -0.227. The fraction of sp³-hybridized carbons (Fsp3) is 0.889. The van der Waals surface area contributed by atoms with Crippen LogP contribution in [0.25, 0.3) is 0 Å². The van der Waals surface area contributed by atoms with Crippen LogP contribution in [0.5, 0.6) is 0 Å². The smallest absolute Gasteiger partial charge is 0.409 e. The molecular formula is C9H18N2O3. The van der Waals surface area contributed by atoms with Gasteiger partial charge in [-0.05, 0) is 14.1 Å². The maximum Gasteiger partial charge on any atom is 0.409 e. The molecule has 1 aliphatic rings. The van der Waals surface area contributed by atoms with E-state index < -0.39 is 0 Å². The second-order valence-corrected chi connectivity index (χ2v) is 3.52. The Balaban J connectivity index is 2.13. The molecule has 0 N–H and O–H groups in total. The first-order valence-electron chi connectivity index (χ1n) is 4.84. The number of nitrogens with zero attached hydrogens (tertiary/aromatic N) is 2. The van der Waals surface area contributed by atoms with Crippen LogP contribution in [0.1, 0.15) is 0 Å². The zero-order chi connectivity index (χ0) is 10.4. The van der Waals surface area contributed by atoms with Crippen molar-refractivity contribution >= 4 is 6.09 Å². The quantitative estimate of drug-likeness (QED) is 0.647. The van der Waals surface area contributed by atoms with Crippen LogP contribution in [0.4, 0.5) is 4.79 Å². The van der Waals surface area contributed by atoms with Crippen molar-refractivity contribution in [3.05, 3.63) is 0 Å². The molecule has 1 amide bonds. The average Bonchev–Trinajstić information content (AvgIpc) is 2.18. The normalized spacial score (nSPS) is 17.2. The van der Waals surface area contributed by atoms with E-state index >= 15 is 0 Å². The van der Waals surface area contributed by atoms with Crippen molar-refractivity contribution in [1.29, 1.82) is 0 Å². The predicted molar refractivity (Wildman–Crippen MR) is 52.3 cm³/mol. The fourth-order valence-electron chi connectivity index (χ4n) is 1.15. The number of rotatable bonds is 3. The number of hydrogen-bond donors (Lipinski definition) is 0. The third-order valence-electron chi connectivity index (χ3n) is 2.03. The van der Waals surface area contributed by atoms with Crippen molar-refractivity contribution in [3.8, 4) is 0 Å². The van der Waals surface area contributed by atoms with Crippen LogP contribution in [0.15, 0.2) is 0 Å². The van der Waals surface area contributed by atoms with Crippen LogP contribution in [-0.4, -0.2) is 69.4 Å². The Morgan fingerprint density at radius 3 is 2.64 bits per heavy atom. The van der Waals surface area contributed by atoms with Gasteiger partial charge in [-0.3, -0.25) is 0 Å². The molecule has 14 heavy (non-hydrogen) atoms. The Morgan fingerprint density at radius 1 is 1.43 bits per heavy atom. The molecule has 1 saturated heterocycles. The van der Waals surface area contributed by atoms with Crippen LogP contribution in [-0.2, 0) is 9.47 Å². The van der Waals surface area contributed by atoms with Gasteiger partial charge in [0.15, 0.2) is 0 Å². The van der Waals surface area contributed by atoms with Crippen molar-refractivity contribution in [1.82, 2.24) is 9.80 Å². The van der Waals surface area contributed by atoms with Gasteiger partial charge in [0.1, 0.15) is 6.61 Å². The topological polar surface area (TPSA) is 42.0 Å². The summed E-state index contributed by atoms with van der Waals surface area (Å²) in [7, 11) is 3.89. The fourth-order valence-corrected chi connectivity index (χ4v) is 1.15. The summed E-state index contributed by atoms with van der Waals surface area (Å²) in [6.45, 7) is 3.71. The molecule has 82 valence electrons. The number of carbonyl (C=O) groups is 1. The van der Waals surface area contributed by atoms with Gasteiger partial charge in [-0.15, -0.1) is 0 Å². The minimum Gasteiger partial charge on any atom is -0.448 e. The van der Waals surface area contributed by atoms with Crippen molar-refractivity contribution in [2.75, 3.05) is 53.6 Å². The molecule has 0 atom stereocenters. The molecule has 1 rings (SSSR count). The number of likely N-dealkylation sites (N-methyl/N-ethyl adjacent to an activating group) is 1. The summed E-state index contributed by atoms with van der Waals surface area (Å²) in [4.78, 5) is 15.1. The Morgan fingerprint density at radius 2 is 2.07 bits per heavy atom. The molecule has 1 aliphatic heterocycles. The lowest BCUT2D eigenvalue weighted by Crippen LogP contribution is -2.41. The van der Waals surface area contributed by atoms with E-state index in [1.807, 2.05) is 19.0 Å². The molecule has 0 bridgehead atoms. The Kier molecular flexibility index (Phi) is 4.69. The van der Waals surface area contributed by atoms with Gasteiger partial charge in [-0.1, -0.05) is 0 Å². The van der Waals surface area contributed by atoms with Crippen LogP contribution in [0, 0.1) is 0 Å². The Bertz CT molecular complexity index is 179. The van der Waals surface area contributed by atoms with E-state index in [4.69, 9.17) is 9.47 Å². The zero-order valence-electron chi connectivity index (χ0n) is 8.86. The number of morpholine rings is 1. The molecule has 0 radical (unpaired) electrons. The van der Waals surface area contributed by atoms with Gasteiger partial charge in [-0.2, -0.15) is 0 Å². The van der Waals surface area contributed by atoms with E-state index in [1.54, 1.807) is 4.90 Å². The summed E-state index contributed by atoms with van der Waals surface area (Å²) >= 11 is 0. The van der Waals surface area contributed by atoms with Crippen LogP contribution >= 0.6 is 0 Å². The van der Waals surface area contributed by atoms with Crippen molar-refractivity contribution in [3.63, 3.8) is 0 Å². The van der Waals surface area contributed by atoms with Gasteiger partial charge in [0.2, 0.25) is 0 Å². The third-order valence-corrected chi connectivity index (χ3v) is 2.03. The van der Waals surface area contributed by atoms with Gasteiger partial charge < -0.3 is 19.3 Å². The molecular weight excluding hydrogens is 184 g/mol. The van der Waals surface area contributed by atoms with Gasteiger partial charge >= 0.3 is 6.09 Å². The molecule has 0 aromatic rings. The molecule has 0 saturated carbocycles. The van der Waals surface area contributed by atoms with Gasteiger partial charge in [0.25, 0.3) is 0 Å². The lowest BCUT2D eigenvalue weighted by Gasteiger charge is -2.26. The second kappa shape index (κ2) is 5.82. The van der Waals surface area contributed by atoms with Crippen molar-refractivity contribution < 1.29 is 14.3 Å². The van der Waals surface area contributed by atoms with Gasteiger partial charge in [0.05, 0.1) is 13.2 Å². The number of hydrogen-bond acceptors (Lipinski definition) is 4. The highest BCUT2D eigenvalue weighted by atomic mass is 16.6. The van der Waals surface area contributed by atoms with Crippen LogP contribution in [0.3, 0.4) is 0 Å². The van der Waals surface area contributed by atoms with E-state index in [-0.39, 0.29) is 6.09 Å². The van der Waals surface area contributed by atoms with E-state index in [1.165, 1.54) is 0 Å². The Labute approximate surface area is 84.6 Å². The largest absolute Gasteiger partial charge is 0.448 e. The number of ether oxygens (including phenoxy) is 2. The molecule has 1 fully saturated rings. The highest BCUT2D eigenvalue weighted by Gasteiger charge is 2.17. The summed E-state index contributed by atoms with van der Waals surface area (Å²) in [6.07, 6.45) is -0.227. The van der Waals surface area contributed by atoms with Crippen molar-refractivity contribution in [2.45, 2.75) is 0 Å². The molecule has 0 aromatic carbocycles. The number of carbonyl (C=O) groups excluding carboxylic acids is 1. The molecule has 5 heteroatoms. The first kappa shape index (κ1) is 11.3. The van der Waals surface area contributed by atoms with E-state index in [0.29, 0.717) is 32.9 Å². The second-order valence-electron chi connectivity index (χ2n) is 3.52. The maximum absolute atomic E-state index is 11.4. The molecule has 1 heterocycles. The Hall–Kier alpha value is -0.810. The standard InChI is InChI=1S/C9H18N2O3/c1-10(2)3-8-14-9(12)11-4-6-13-7-5-11/h3-8H2,1-2H3. The SMILES string of the molecule is CN(C)CCOC(=O)N1CCOCC1. The zero-order valence-corrected chi connectivity index (χ0v) is 8.86. The monoisotopic (exact) mass is 202 g/mol. The van der Waals surface area contributed by atoms with Crippen LogP contribution < -0.4 is 0 Å². The highest BCUT2D eigenvalue weighted by Crippen LogP contribution is 1.99. The number of amides is 1. The molecule has 0 aliphatic carbocycles. The summed E-state index contributed by atoms with van der Waals surface area (Å²) in [5, 5.41) is 0. The molecule has 0 aromatic heterocycles.